The fourth-order valence-corrected chi connectivity index (χ4v) is 8.28. The monoisotopic (exact) mass is 531 g/mol. The lowest BCUT2D eigenvalue weighted by Gasteiger charge is -2.21. The highest BCUT2D eigenvalue weighted by atomic mass is 31.2. The molecule has 1 aromatic heterocycles. The third kappa shape index (κ3) is 4.14. The van der Waals surface area contributed by atoms with Crippen molar-refractivity contribution in [3.63, 3.8) is 0 Å². The van der Waals surface area contributed by atoms with Gasteiger partial charge in [0.25, 0.3) is 0 Å². The molecule has 0 amide bonds. The number of hydrogen-bond acceptors (Lipinski definition) is 2. The van der Waals surface area contributed by atoms with Crippen LogP contribution < -0.4 is 15.9 Å². The molecule has 7 rings (SSSR count). The van der Waals surface area contributed by atoms with E-state index >= 15 is 4.57 Å². The molecule has 0 saturated heterocycles. The Morgan fingerprint density at radius 2 is 1.05 bits per heavy atom. The van der Waals surface area contributed by atoms with Crippen LogP contribution in [0.15, 0.2) is 158 Å². The van der Waals surface area contributed by atoms with Gasteiger partial charge >= 0.3 is 0 Å². The van der Waals surface area contributed by atoms with E-state index in [1.54, 1.807) is 0 Å². The molecule has 1 heterocycles. The zero-order valence-corrected chi connectivity index (χ0v) is 22.7. The first-order valence-corrected chi connectivity index (χ1v) is 15.1. The van der Waals surface area contributed by atoms with Crippen molar-refractivity contribution in [1.29, 1.82) is 0 Å². The number of fused-ring (bicyclic) bond motifs is 3. The second-order valence-corrected chi connectivity index (χ2v) is 12.7. The first-order chi connectivity index (χ1) is 19.7. The fraction of sp³-hybridized carbons (Fsp3) is 0. The van der Waals surface area contributed by atoms with Gasteiger partial charge in [-0.15, -0.1) is 0 Å². The van der Waals surface area contributed by atoms with Gasteiger partial charge in [0.15, 0.2) is 7.14 Å². The molecular formula is C37H26NOP. The number of nitrogens with zero attached hydrogens (tertiary/aromatic N) is 1. The molecule has 2 nitrogen and oxygen atoms in total. The van der Waals surface area contributed by atoms with Crippen molar-refractivity contribution in [3.8, 4) is 22.4 Å². The quantitative estimate of drug-likeness (QED) is 0.165. The summed E-state index contributed by atoms with van der Waals surface area (Å²) in [6.07, 6.45) is 0. The van der Waals surface area contributed by atoms with Crippen LogP contribution in [0.25, 0.3) is 44.1 Å². The number of hydrogen-bond donors (Lipinski definition) is 0. The molecule has 0 aliphatic heterocycles. The van der Waals surface area contributed by atoms with Crippen molar-refractivity contribution in [3.05, 3.63) is 158 Å². The van der Waals surface area contributed by atoms with Crippen LogP contribution in [0.4, 0.5) is 0 Å². The average Bonchev–Trinajstić information content (AvgIpc) is 3.05. The molecule has 0 radical (unpaired) electrons. The Hall–Kier alpha value is -4.78. The lowest BCUT2D eigenvalue weighted by molar-refractivity contribution is 0.592. The van der Waals surface area contributed by atoms with Crippen molar-refractivity contribution < 1.29 is 4.57 Å². The van der Waals surface area contributed by atoms with Crippen LogP contribution in [-0.4, -0.2) is 4.98 Å². The van der Waals surface area contributed by atoms with Crippen LogP contribution >= 0.6 is 7.14 Å². The van der Waals surface area contributed by atoms with E-state index in [4.69, 9.17) is 4.98 Å². The van der Waals surface area contributed by atoms with E-state index in [1.165, 1.54) is 5.39 Å². The molecule has 0 unspecified atom stereocenters. The molecule has 7 aromatic rings. The van der Waals surface area contributed by atoms with Crippen molar-refractivity contribution in [2.75, 3.05) is 0 Å². The summed E-state index contributed by atoms with van der Waals surface area (Å²) in [6, 6.07) is 53.1. The SMILES string of the molecule is O=P(c1ccccc1)(c1ccccc1)c1cccc(-c2cc(-c3ccccc3)nc3ccc4ccccc4c23)c1. The van der Waals surface area contributed by atoms with Gasteiger partial charge in [0.2, 0.25) is 0 Å². The molecule has 0 aliphatic carbocycles. The summed E-state index contributed by atoms with van der Waals surface area (Å²) in [6.45, 7) is 0. The van der Waals surface area contributed by atoms with E-state index in [1.807, 2.05) is 91.0 Å². The Morgan fingerprint density at radius 1 is 0.475 bits per heavy atom. The van der Waals surface area contributed by atoms with E-state index in [9.17, 15) is 0 Å². The fourth-order valence-electron chi connectivity index (χ4n) is 5.58. The smallest absolute Gasteiger partial charge is 0.171 e. The van der Waals surface area contributed by atoms with E-state index in [0.717, 1.165) is 54.6 Å². The Morgan fingerprint density at radius 3 is 1.75 bits per heavy atom. The van der Waals surface area contributed by atoms with Gasteiger partial charge in [-0.3, -0.25) is 0 Å². The second kappa shape index (κ2) is 10.1. The summed E-state index contributed by atoms with van der Waals surface area (Å²) >= 11 is 0. The van der Waals surface area contributed by atoms with Gasteiger partial charge in [-0.25, -0.2) is 4.98 Å². The highest BCUT2D eigenvalue weighted by Gasteiger charge is 2.30. The summed E-state index contributed by atoms with van der Waals surface area (Å²) in [4.78, 5) is 5.09. The molecule has 0 atom stereocenters. The van der Waals surface area contributed by atoms with Crippen LogP contribution in [0.5, 0.6) is 0 Å². The lowest BCUT2D eigenvalue weighted by Crippen LogP contribution is -2.25. The van der Waals surface area contributed by atoms with Crippen molar-refractivity contribution in [2.45, 2.75) is 0 Å². The van der Waals surface area contributed by atoms with Crippen LogP contribution in [0, 0.1) is 0 Å². The normalized spacial score (nSPS) is 11.6. The summed E-state index contributed by atoms with van der Waals surface area (Å²) in [5.74, 6) is 0. The maximum atomic E-state index is 15.2. The molecular weight excluding hydrogens is 505 g/mol. The molecule has 0 aliphatic rings. The van der Waals surface area contributed by atoms with Gasteiger partial charge < -0.3 is 4.57 Å². The minimum absolute atomic E-state index is 0.814. The lowest BCUT2D eigenvalue weighted by atomic mass is 9.94. The molecule has 0 bridgehead atoms. The van der Waals surface area contributed by atoms with Gasteiger partial charge in [-0.2, -0.15) is 0 Å². The van der Waals surface area contributed by atoms with Crippen LogP contribution in [0.2, 0.25) is 0 Å². The molecule has 0 spiro atoms. The average molecular weight is 532 g/mol. The van der Waals surface area contributed by atoms with Crippen molar-refractivity contribution in [2.24, 2.45) is 0 Å². The third-order valence-corrected chi connectivity index (χ3v) is 10.6. The largest absolute Gasteiger partial charge is 0.309 e. The number of rotatable bonds is 5. The van der Waals surface area contributed by atoms with Gasteiger partial charge in [0, 0.05) is 26.9 Å². The van der Waals surface area contributed by atoms with Crippen LogP contribution in [0.1, 0.15) is 0 Å². The number of benzene rings is 6. The Labute approximate surface area is 234 Å². The third-order valence-electron chi connectivity index (χ3n) is 7.53. The summed E-state index contributed by atoms with van der Waals surface area (Å²) < 4.78 is 15.2. The maximum absolute atomic E-state index is 15.2. The summed E-state index contributed by atoms with van der Waals surface area (Å²) in [5.41, 5.74) is 5.02. The van der Waals surface area contributed by atoms with Crippen molar-refractivity contribution in [1.82, 2.24) is 4.98 Å². The maximum Gasteiger partial charge on any atom is 0.171 e. The minimum atomic E-state index is -3.12. The van der Waals surface area contributed by atoms with E-state index in [-0.39, 0.29) is 0 Å². The molecule has 190 valence electrons. The van der Waals surface area contributed by atoms with Gasteiger partial charge in [-0.05, 0) is 40.1 Å². The Kier molecular flexibility index (Phi) is 6.11. The van der Waals surface area contributed by atoms with E-state index in [2.05, 4.69) is 66.7 Å². The Balaban J connectivity index is 1.52. The predicted octanol–water partition coefficient (Wildman–Crippen LogP) is 8.36. The number of pyridine rings is 1. The second-order valence-electron chi connectivity index (χ2n) is 9.93. The zero-order valence-electron chi connectivity index (χ0n) is 21.8. The highest BCUT2D eigenvalue weighted by molar-refractivity contribution is 7.85. The molecule has 6 aromatic carbocycles. The molecule has 0 N–H and O–H groups in total. The summed E-state index contributed by atoms with van der Waals surface area (Å²) in [7, 11) is -3.12. The minimum Gasteiger partial charge on any atom is -0.309 e. The zero-order chi connectivity index (χ0) is 26.9. The van der Waals surface area contributed by atoms with Crippen LogP contribution in [0.3, 0.4) is 0 Å². The molecule has 0 fully saturated rings. The topological polar surface area (TPSA) is 30.0 Å². The molecule has 3 heteroatoms. The highest BCUT2D eigenvalue weighted by Crippen LogP contribution is 2.44. The van der Waals surface area contributed by atoms with Gasteiger partial charge in [0.1, 0.15) is 0 Å². The first-order valence-electron chi connectivity index (χ1n) is 13.4. The molecule has 40 heavy (non-hydrogen) atoms. The van der Waals surface area contributed by atoms with E-state index in [0.29, 0.717) is 0 Å². The Bertz CT molecular complexity index is 1980. The summed E-state index contributed by atoms with van der Waals surface area (Å²) in [5, 5.41) is 5.89. The van der Waals surface area contributed by atoms with Gasteiger partial charge in [-0.1, -0.05) is 140 Å². The first kappa shape index (κ1) is 24.3. The van der Waals surface area contributed by atoms with E-state index < -0.39 is 7.14 Å². The standard InChI is InChI=1S/C37H26NOP/c39-40(30-17-6-2-7-18-30,31-19-8-3-9-20-31)32-21-12-16-29(25-32)34-26-36(28-14-4-1-5-15-28)38-35-24-23-27-13-10-11-22-33(27)37(34)35/h1-26H. The van der Waals surface area contributed by atoms with Gasteiger partial charge in [0.05, 0.1) is 11.2 Å². The van der Waals surface area contributed by atoms with Crippen molar-refractivity contribution >= 4 is 44.7 Å². The van der Waals surface area contributed by atoms with Crippen LogP contribution in [-0.2, 0) is 4.57 Å². The molecule has 0 saturated carbocycles. The predicted molar refractivity (Wildman–Crippen MR) is 170 cm³/mol. The number of aromatic nitrogens is 1.